The van der Waals surface area contributed by atoms with Crippen molar-refractivity contribution in [2.45, 2.75) is 13.8 Å². The summed E-state index contributed by atoms with van der Waals surface area (Å²) in [5, 5.41) is 11.6. The van der Waals surface area contributed by atoms with Crippen LogP contribution in [0.3, 0.4) is 0 Å². The third kappa shape index (κ3) is 3.55. The highest BCUT2D eigenvalue weighted by atomic mass is 16.3. The van der Waals surface area contributed by atoms with Crippen LogP contribution >= 0.6 is 0 Å². The lowest BCUT2D eigenvalue weighted by molar-refractivity contribution is 0.0942. The number of anilines is 1. The molecule has 0 saturated carbocycles. The molecule has 0 bridgehead atoms. The molecule has 1 atom stereocenters. The molecule has 1 rings (SSSR count). The van der Waals surface area contributed by atoms with Gasteiger partial charge >= 0.3 is 0 Å². The molecule has 88 valence electrons. The maximum Gasteiger partial charge on any atom is 0.251 e. The van der Waals surface area contributed by atoms with Crippen LogP contribution in [0, 0.1) is 12.8 Å². The minimum atomic E-state index is -0.157. The Bertz CT molecular complexity index is 357. The van der Waals surface area contributed by atoms with E-state index in [2.05, 4.69) is 5.32 Å². The topological polar surface area (TPSA) is 75.4 Å². The Morgan fingerprint density at radius 2 is 2.19 bits per heavy atom. The minimum absolute atomic E-state index is 0.0612. The van der Waals surface area contributed by atoms with Crippen LogP contribution in [-0.2, 0) is 0 Å². The van der Waals surface area contributed by atoms with Crippen LogP contribution in [-0.4, -0.2) is 24.2 Å². The number of aryl methyl sites for hydroxylation is 1. The molecule has 16 heavy (non-hydrogen) atoms. The van der Waals surface area contributed by atoms with Crippen molar-refractivity contribution in [1.29, 1.82) is 0 Å². The molecule has 0 aliphatic rings. The van der Waals surface area contributed by atoms with Crippen molar-refractivity contribution < 1.29 is 9.90 Å². The van der Waals surface area contributed by atoms with Gasteiger partial charge in [-0.15, -0.1) is 0 Å². The third-order valence-corrected chi connectivity index (χ3v) is 2.28. The average Bonchev–Trinajstić information content (AvgIpc) is 2.23. The average molecular weight is 222 g/mol. The molecule has 0 heterocycles. The first-order valence-corrected chi connectivity index (χ1v) is 5.29. The molecule has 1 unspecified atom stereocenters. The van der Waals surface area contributed by atoms with Crippen LogP contribution in [0.15, 0.2) is 18.2 Å². The number of benzene rings is 1. The Morgan fingerprint density at radius 3 is 2.75 bits per heavy atom. The van der Waals surface area contributed by atoms with Crippen LogP contribution < -0.4 is 11.1 Å². The van der Waals surface area contributed by atoms with Gasteiger partial charge in [0.2, 0.25) is 0 Å². The first kappa shape index (κ1) is 12.5. The number of aliphatic hydroxyl groups excluding tert-OH is 1. The maximum absolute atomic E-state index is 11.7. The number of hydrogen-bond donors (Lipinski definition) is 3. The van der Waals surface area contributed by atoms with Gasteiger partial charge in [0.05, 0.1) is 0 Å². The van der Waals surface area contributed by atoms with Crippen molar-refractivity contribution in [3.8, 4) is 0 Å². The lowest BCUT2D eigenvalue weighted by Gasteiger charge is -2.10. The Hall–Kier alpha value is -1.55. The number of nitrogens with one attached hydrogen (secondary N) is 1. The highest BCUT2D eigenvalue weighted by Crippen LogP contribution is 2.11. The van der Waals surface area contributed by atoms with Crippen molar-refractivity contribution in [3.63, 3.8) is 0 Å². The monoisotopic (exact) mass is 222 g/mol. The summed E-state index contributed by atoms with van der Waals surface area (Å²) in [6, 6.07) is 5.24. The molecular weight excluding hydrogens is 204 g/mol. The zero-order valence-corrected chi connectivity index (χ0v) is 9.66. The Labute approximate surface area is 95.5 Å². The van der Waals surface area contributed by atoms with Crippen molar-refractivity contribution in [2.24, 2.45) is 5.92 Å². The predicted molar refractivity (Wildman–Crippen MR) is 64.2 cm³/mol. The number of carbonyl (C=O) groups is 1. The van der Waals surface area contributed by atoms with Crippen LogP contribution in [0.1, 0.15) is 22.8 Å². The van der Waals surface area contributed by atoms with Gasteiger partial charge in [-0.2, -0.15) is 0 Å². The number of carbonyl (C=O) groups excluding carboxylic acids is 1. The van der Waals surface area contributed by atoms with Gasteiger partial charge in [-0.1, -0.05) is 6.92 Å². The SMILES string of the molecule is Cc1cc(N)cc(C(=O)NCC(C)CO)c1. The van der Waals surface area contributed by atoms with Crippen LogP contribution in [0.25, 0.3) is 0 Å². The zero-order valence-electron chi connectivity index (χ0n) is 9.66. The van der Waals surface area contributed by atoms with E-state index in [9.17, 15) is 4.79 Å². The lowest BCUT2D eigenvalue weighted by Crippen LogP contribution is -2.29. The quantitative estimate of drug-likeness (QED) is 0.663. The van der Waals surface area contributed by atoms with Gasteiger partial charge in [0, 0.05) is 24.4 Å². The van der Waals surface area contributed by atoms with Crippen LogP contribution in [0.2, 0.25) is 0 Å². The molecule has 0 saturated heterocycles. The predicted octanol–water partition coefficient (Wildman–Crippen LogP) is 0.935. The summed E-state index contributed by atoms with van der Waals surface area (Å²) in [7, 11) is 0. The summed E-state index contributed by atoms with van der Waals surface area (Å²) in [6.45, 7) is 4.29. The van der Waals surface area contributed by atoms with Crippen molar-refractivity contribution in [1.82, 2.24) is 5.32 Å². The van der Waals surface area contributed by atoms with Crippen LogP contribution in [0.4, 0.5) is 5.69 Å². The van der Waals surface area contributed by atoms with Gasteiger partial charge in [-0.05, 0) is 36.6 Å². The summed E-state index contributed by atoms with van der Waals surface area (Å²) in [5.41, 5.74) is 7.76. The van der Waals surface area contributed by atoms with E-state index in [1.54, 1.807) is 12.1 Å². The molecule has 0 aliphatic heterocycles. The molecule has 0 fully saturated rings. The summed E-state index contributed by atoms with van der Waals surface area (Å²) in [4.78, 5) is 11.7. The van der Waals surface area contributed by atoms with Crippen molar-refractivity contribution >= 4 is 11.6 Å². The van der Waals surface area contributed by atoms with Crippen molar-refractivity contribution in [2.75, 3.05) is 18.9 Å². The molecule has 0 aromatic heterocycles. The number of rotatable bonds is 4. The van der Waals surface area contributed by atoms with E-state index in [0.717, 1.165) is 5.56 Å². The number of nitrogens with two attached hydrogens (primary N) is 1. The minimum Gasteiger partial charge on any atom is -0.399 e. The number of nitrogen functional groups attached to an aromatic ring is 1. The van der Waals surface area contributed by atoms with E-state index in [0.29, 0.717) is 17.8 Å². The summed E-state index contributed by atoms with van der Waals surface area (Å²) in [6.07, 6.45) is 0. The van der Waals surface area contributed by atoms with Gasteiger partial charge in [-0.3, -0.25) is 4.79 Å². The molecule has 0 aliphatic carbocycles. The molecule has 1 amide bonds. The van der Waals surface area contributed by atoms with E-state index in [-0.39, 0.29) is 18.4 Å². The van der Waals surface area contributed by atoms with E-state index in [1.807, 2.05) is 19.9 Å². The molecule has 4 nitrogen and oxygen atoms in total. The van der Waals surface area contributed by atoms with Gasteiger partial charge < -0.3 is 16.2 Å². The van der Waals surface area contributed by atoms with E-state index in [1.165, 1.54) is 0 Å². The summed E-state index contributed by atoms with van der Waals surface area (Å²) < 4.78 is 0. The molecule has 4 heteroatoms. The standard InChI is InChI=1S/C12H18N2O2/c1-8-3-10(5-11(13)4-8)12(16)14-6-9(2)7-15/h3-5,9,15H,6-7,13H2,1-2H3,(H,14,16). The van der Waals surface area contributed by atoms with E-state index in [4.69, 9.17) is 10.8 Å². The zero-order chi connectivity index (χ0) is 12.1. The molecule has 1 aromatic carbocycles. The Morgan fingerprint density at radius 1 is 1.50 bits per heavy atom. The fourth-order valence-corrected chi connectivity index (χ4v) is 1.38. The van der Waals surface area contributed by atoms with Gasteiger partial charge in [0.25, 0.3) is 5.91 Å². The van der Waals surface area contributed by atoms with Crippen LogP contribution in [0.5, 0.6) is 0 Å². The Kier molecular flexibility index (Phi) is 4.31. The van der Waals surface area contributed by atoms with E-state index < -0.39 is 0 Å². The summed E-state index contributed by atoms with van der Waals surface area (Å²) >= 11 is 0. The van der Waals surface area contributed by atoms with Gasteiger partial charge in [0.1, 0.15) is 0 Å². The molecule has 4 N–H and O–H groups in total. The molecule has 1 aromatic rings. The second-order valence-corrected chi connectivity index (χ2v) is 4.13. The normalized spacial score (nSPS) is 12.2. The van der Waals surface area contributed by atoms with Gasteiger partial charge in [0.15, 0.2) is 0 Å². The smallest absolute Gasteiger partial charge is 0.251 e. The Balaban J connectivity index is 2.66. The number of hydrogen-bond acceptors (Lipinski definition) is 3. The highest BCUT2D eigenvalue weighted by Gasteiger charge is 2.08. The number of amides is 1. The largest absolute Gasteiger partial charge is 0.399 e. The van der Waals surface area contributed by atoms with Crippen molar-refractivity contribution in [3.05, 3.63) is 29.3 Å². The fraction of sp³-hybridized carbons (Fsp3) is 0.417. The van der Waals surface area contributed by atoms with E-state index >= 15 is 0 Å². The molecule has 0 radical (unpaired) electrons. The lowest BCUT2D eigenvalue weighted by atomic mass is 10.1. The summed E-state index contributed by atoms with van der Waals surface area (Å²) in [5.74, 6) is -0.0955. The fourth-order valence-electron chi connectivity index (χ4n) is 1.38. The molecular formula is C12H18N2O2. The number of aliphatic hydroxyl groups is 1. The second kappa shape index (κ2) is 5.51. The van der Waals surface area contributed by atoms with Gasteiger partial charge in [-0.25, -0.2) is 0 Å². The highest BCUT2D eigenvalue weighted by molar-refractivity contribution is 5.95. The third-order valence-electron chi connectivity index (χ3n) is 2.28. The second-order valence-electron chi connectivity index (χ2n) is 4.13. The first-order valence-electron chi connectivity index (χ1n) is 5.29. The maximum atomic E-state index is 11.7. The molecule has 0 spiro atoms. The first-order chi connectivity index (χ1) is 7.52.